The molecule has 8 nitrogen and oxygen atoms in total. The highest BCUT2D eigenvalue weighted by molar-refractivity contribution is 5.91. The third-order valence-electron chi connectivity index (χ3n) is 4.55. The number of carboxylic acids is 1. The van der Waals surface area contributed by atoms with Crippen LogP contribution in [0.3, 0.4) is 0 Å². The summed E-state index contributed by atoms with van der Waals surface area (Å²) < 4.78 is 1.42. The molecule has 1 fully saturated rings. The number of nitrogens with zero attached hydrogens (tertiary/aromatic N) is 5. The zero-order valence-electron chi connectivity index (χ0n) is 14.0. The van der Waals surface area contributed by atoms with Crippen LogP contribution >= 0.6 is 12.4 Å². The number of aromatic nitrogens is 6. The summed E-state index contributed by atoms with van der Waals surface area (Å²) in [6.45, 7) is 0. The van der Waals surface area contributed by atoms with Crippen molar-refractivity contribution in [1.82, 2.24) is 29.9 Å². The Balaban J connectivity index is 0.00000180. The minimum absolute atomic E-state index is 0. The Bertz CT molecular complexity index is 1150. The molecule has 0 amide bonds. The van der Waals surface area contributed by atoms with E-state index in [2.05, 4.69) is 37.4 Å². The van der Waals surface area contributed by atoms with Crippen LogP contribution in [0.1, 0.15) is 34.7 Å². The molecule has 3 aromatic heterocycles. The fraction of sp³-hybridized carbons (Fsp3) is 0.167. The summed E-state index contributed by atoms with van der Waals surface area (Å²) in [5.41, 5.74) is 3.03. The van der Waals surface area contributed by atoms with Crippen molar-refractivity contribution < 1.29 is 9.90 Å². The van der Waals surface area contributed by atoms with Gasteiger partial charge in [0.2, 0.25) is 0 Å². The number of rotatable bonds is 4. The van der Waals surface area contributed by atoms with E-state index in [1.54, 1.807) is 12.3 Å². The van der Waals surface area contributed by atoms with Gasteiger partial charge in [0.15, 0.2) is 11.6 Å². The largest absolute Gasteiger partial charge is 0.478 e. The molecule has 0 aliphatic heterocycles. The van der Waals surface area contributed by atoms with E-state index in [0.717, 1.165) is 10.9 Å². The molecule has 2 N–H and O–H groups in total. The molecular formula is C18H15ClN6O2. The summed E-state index contributed by atoms with van der Waals surface area (Å²) in [6.07, 6.45) is 6.79. The molecule has 0 radical (unpaired) electrons. The van der Waals surface area contributed by atoms with E-state index in [4.69, 9.17) is 5.11 Å². The van der Waals surface area contributed by atoms with E-state index in [0.29, 0.717) is 23.3 Å². The summed E-state index contributed by atoms with van der Waals surface area (Å²) in [4.78, 5) is 19.9. The number of nitrogens with one attached hydrogen (secondary N) is 1. The number of aromatic amines is 1. The first-order chi connectivity index (χ1) is 12.7. The molecule has 0 atom stereocenters. The van der Waals surface area contributed by atoms with E-state index in [1.165, 1.54) is 35.5 Å². The average Bonchev–Trinajstić information content (AvgIpc) is 3.23. The normalized spacial score (nSPS) is 13.5. The Morgan fingerprint density at radius 1 is 1.26 bits per heavy atom. The molecule has 1 aromatic carbocycles. The fourth-order valence-corrected chi connectivity index (χ4v) is 3.02. The number of halogens is 1. The van der Waals surface area contributed by atoms with Crippen LogP contribution < -0.4 is 0 Å². The quantitative estimate of drug-likeness (QED) is 0.560. The SMILES string of the molecule is Cl.O=C(O)c1cnn(-c2ccnc(-c3n[nH]c4ccc(C5CC5)cc34)n2)c1. The molecule has 0 unspecified atom stereocenters. The topological polar surface area (TPSA) is 110 Å². The lowest BCUT2D eigenvalue weighted by atomic mass is 10.1. The van der Waals surface area contributed by atoms with Crippen molar-refractivity contribution >= 4 is 29.3 Å². The minimum Gasteiger partial charge on any atom is -0.478 e. The van der Waals surface area contributed by atoms with E-state index < -0.39 is 5.97 Å². The van der Waals surface area contributed by atoms with Crippen LogP contribution in [0.5, 0.6) is 0 Å². The molecule has 0 bridgehead atoms. The number of aromatic carboxylic acids is 1. The van der Waals surface area contributed by atoms with Gasteiger partial charge in [-0.1, -0.05) is 6.07 Å². The Kier molecular flexibility index (Phi) is 4.12. The molecule has 0 saturated heterocycles. The van der Waals surface area contributed by atoms with Crippen molar-refractivity contribution in [3.05, 3.63) is 54.0 Å². The number of H-pyrrole nitrogens is 1. The lowest BCUT2D eigenvalue weighted by Crippen LogP contribution is -2.01. The van der Waals surface area contributed by atoms with Crippen molar-refractivity contribution in [2.75, 3.05) is 0 Å². The highest BCUT2D eigenvalue weighted by atomic mass is 35.5. The smallest absolute Gasteiger partial charge is 0.338 e. The maximum Gasteiger partial charge on any atom is 0.338 e. The number of fused-ring (bicyclic) bond motifs is 1. The average molecular weight is 383 g/mol. The Hall–Kier alpha value is -3.26. The van der Waals surface area contributed by atoms with Gasteiger partial charge in [-0.2, -0.15) is 10.2 Å². The first-order valence-corrected chi connectivity index (χ1v) is 8.29. The predicted octanol–water partition coefficient (Wildman–Crippen LogP) is 3.20. The van der Waals surface area contributed by atoms with Gasteiger partial charge in [0.05, 0.1) is 17.3 Å². The molecule has 1 aliphatic carbocycles. The predicted molar refractivity (Wildman–Crippen MR) is 100 cm³/mol. The van der Waals surface area contributed by atoms with Crippen molar-refractivity contribution in [3.8, 4) is 17.3 Å². The highest BCUT2D eigenvalue weighted by Gasteiger charge is 2.24. The summed E-state index contributed by atoms with van der Waals surface area (Å²) in [5.74, 6) is 0.565. The van der Waals surface area contributed by atoms with E-state index in [1.807, 2.05) is 6.07 Å². The number of benzene rings is 1. The zero-order chi connectivity index (χ0) is 17.7. The minimum atomic E-state index is -1.03. The maximum absolute atomic E-state index is 11.0. The van der Waals surface area contributed by atoms with Crippen LogP contribution in [-0.4, -0.2) is 41.0 Å². The first-order valence-electron chi connectivity index (χ1n) is 8.29. The second-order valence-corrected chi connectivity index (χ2v) is 6.37. The number of carbonyl (C=O) groups is 1. The number of carboxylic acid groups (broad SMARTS) is 1. The molecule has 136 valence electrons. The monoisotopic (exact) mass is 382 g/mol. The van der Waals surface area contributed by atoms with Gasteiger partial charge in [-0.3, -0.25) is 5.10 Å². The van der Waals surface area contributed by atoms with Gasteiger partial charge in [-0.05, 0) is 36.5 Å². The molecule has 27 heavy (non-hydrogen) atoms. The third-order valence-corrected chi connectivity index (χ3v) is 4.55. The third kappa shape index (κ3) is 3.04. The molecule has 4 aromatic rings. The number of hydrogen-bond donors (Lipinski definition) is 2. The second kappa shape index (κ2) is 6.48. The zero-order valence-corrected chi connectivity index (χ0v) is 14.8. The lowest BCUT2D eigenvalue weighted by Gasteiger charge is -2.03. The molecule has 0 spiro atoms. The Labute approximate surface area is 159 Å². The van der Waals surface area contributed by atoms with Crippen LogP contribution in [0.25, 0.3) is 28.2 Å². The second-order valence-electron chi connectivity index (χ2n) is 6.37. The van der Waals surface area contributed by atoms with Gasteiger partial charge in [-0.25, -0.2) is 19.4 Å². The summed E-state index contributed by atoms with van der Waals surface area (Å²) in [5, 5.41) is 21.5. The van der Waals surface area contributed by atoms with Gasteiger partial charge in [0.1, 0.15) is 5.69 Å². The van der Waals surface area contributed by atoms with E-state index in [-0.39, 0.29) is 18.0 Å². The van der Waals surface area contributed by atoms with Crippen molar-refractivity contribution in [2.24, 2.45) is 0 Å². The molecule has 9 heteroatoms. The van der Waals surface area contributed by atoms with Gasteiger partial charge in [-0.15, -0.1) is 12.4 Å². The van der Waals surface area contributed by atoms with Crippen LogP contribution in [0.2, 0.25) is 0 Å². The summed E-state index contributed by atoms with van der Waals surface area (Å²) in [7, 11) is 0. The fourth-order valence-electron chi connectivity index (χ4n) is 3.02. The Morgan fingerprint density at radius 2 is 2.11 bits per heavy atom. The van der Waals surface area contributed by atoms with Crippen LogP contribution in [0.4, 0.5) is 0 Å². The van der Waals surface area contributed by atoms with E-state index in [9.17, 15) is 4.79 Å². The van der Waals surface area contributed by atoms with Gasteiger partial charge < -0.3 is 5.11 Å². The van der Waals surface area contributed by atoms with Crippen molar-refractivity contribution in [2.45, 2.75) is 18.8 Å². The first kappa shape index (κ1) is 17.2. The molecular weight excluding hydrogens is 368 g/mol. The number of hydrogen-bond acceptors (Lipinski definition) is 5. The molecule has 1 aliphatic rings. The molecule has 3 heterocycles. The lowest BCUT2D eigenvalue weighted by molar-refractivity contribution is 0.0697. The van der Waals surface area contributed by atoms with Gasteiger partial charge in [0.25, 0.3) is 0 Å². The Morgan fingerprint density at radius 3 is 2.85 bits per heavy atom. The van der Waals surface area contributed by atoms with Crippen LogP contribution in [0, 0.1) is 0 Å². The molecule has 5 rings (SSSR count). The van der Waals surface area contributed by atoms with Crippen molar-refractivity contribution in [3.63, 3.8) is 0 Å². The van der Waals surface area contributed by atoms with Crippen molar-refractivity contribution in [1.29, 1.82) is 0 Å². The standard InChI is InChI=1S/C18H14N6O2.ClH/c25-18(26)12-8-20-24(9-12)15-5-6-19-17(21-15)16-13-7-11(10-1-2-10)3-4-14(13)22-23-16;/h3-10H,1-2H2,(H,22,23)(H,25,26);1H. The van der Waals surface area contributed by atoms with Gasteiger partial charge in [0, 0.05) is 23.8 Å². The summed E-state index contributed by atoms with van der Waals surface area (Å²) >= 11 is 0. The van der Waals surface area contributed by atoms with Crippen LogP contribution in [0.15, 0.2) is 42.9 Å². The summed E-state index contributed by atoms with van der Waals surface area (Å²) in [6, 6.07) is 8.00. The van der Waals surface area contributed by atoms with Crippen LogP contribution in [-0.2, 0) is 0 Å². The van der Waals surface area contributed by atoms with E-state index >= 15 is 0 Å². The van der Waals surface area contributed by atoms with Gasteiger partial charge >= 0.3 is 5.97 Å². The molecule has 1 saturated carbocycles. The maximum atomic E-state index is 11.0. The highest BCUT2D eigenvalue weighted by Crippen LogP contribution is 2.41.